The molecule has 0 radical (unpaired) electrons. The van der Waals surface area contributed by atoms with E-state index >= 15 is 0 Å². The highest BCUT2D eigenvalue weighted by Crippen LogP contribution is 2.26. The lowest BCUT2D eigenvalue weighted by atomic mass is 10.2. The molecule has 1 atom stereocenters. The van der Waals surface area contributed by atoms with Gasteiger partial charge in [0.05, 0.1) is 17.4 Å². The highest BCUT2D eigenvalue weighted by molar-refractivity contribution is 9.10. The minimum Gasteiger partial charge on any atom is -0.478 e. The Labute approximate surface area is 125 Å². The first kappa shape index (κ1) is 16.5. The lowest BCUT2D eigenvalue weighted by Crippen LogP contribution is -2.35. The van der Waals surface area contributed by atoms with Crippen LogP contribution in [-0.4, -0.2) is 36.4 Å². The van der Waals surface area contributed by atoms with Crippen molar-refractivity contribution < 1.29 is 19.4 Å². The van der Waals surface area contributed by atoms with Crippen molar-refractivity contribution in [3.05, 3.63) is 28.2 Å². The van der Waals surface area contributed by atoms with Gasteiger partial charge in [0.2, 0.25) is 0 Å². The van der Waals surface area contributed by atoms with Gasteiger partial charge < -0.3 is 20.5 Å². The quantitative estimate of drug-likeness (QED) is 0.740. The summed E-state index contributed by atoms with van der Waals surface area (Å²) >= 11 is 3.22. The van der Waals surface area contributed by atoms with Gasteiger partial charge in [0.1, 0.15) is 0 Å². The van der Waals surface area contributed by atoms with Gasteiger partial charge in [-0.2, -0.15) is 0 Å². The van der Waals surface area contributed by atoms with E-state index in [0.717, 1.165) is 0 Å². The second kappa shape index (κ2) is 7.86. The molecule has 0 aliphatic rings. The molecule has 0 aliphatic heterocycles. The summed E-state index contributed by atoms with van der Waals surface area (Å²) in [5.74, 6) is -1.11. The number of hydrogen-bond acceptors (Lipinski definition) is 3. The first-order valence-corrected chi connectivity index (χ1v) is 6.93. The van der Waals surface area contributed by atoms with E-state index in [1.807, 2.05) is 13.8 Å². The molecule has 0 heterocycles. The number of anilines is 1. The molecule has 3 N–H and O–H groups in total. The first-order valence-electron chi connectivity index (χ1n) is 6.14. The standard InChI is InChI=1S/C13H17BrN2O4/c1-3-20-8(2)7-15-13(19)16-11-9(12(17)18)5-4-6-10(11)14/h4-6,8H,3,7H2,1-2H3,(H,17,18)(H2,15,16,19). The normalized spacial score (nSPS) is 11.8. The summed E-state index contributed by atoms with van der Waals surface area (Å²) in [6, 6.07) is 4.19. The van der Waals surface area contributed by atoms with Gasteiger partial charge in [-0.3, -0.25) is 0 Å². The minimum atomic E-state index is -1.11. The summed E-state index contributed by atoms with van der Waals surface area (Å²) in [6.45, 7) is 4.62. The van der Waals surface area contributed by atoms with Crippen molar-refractivity contribution in [3.63, 3.8) is 0 Å². The molecule has 0 aromatic heterocycles. The third-order valence-electron chi connectivity index (χ3n) is 2.48. The predicted octanol–water partition coefficient (Wildman–Crippen LogP) is 2.69. The van der Waals surface area contributed by atoms with Crippen LogP contribution < -0.4 is 10.6 Å². The number of halogens is 1. The van der Waals surface area contributed by atoms with E-state index in [1.54, 1.807) is 12.1 Å². The monoisotopic (exact) mass is 344 g/mol. The number of nitrogens with one attached hydrogen (secondary N) is 2. The van der Waals surface area contributed by atoms with Crippen LogP contribution in [0.25, 0.3) is 0 Å². The molecule has 0 bridgehead atoms. The number of hydrogen-bond donors (Lipinski definition) is 3. The minimum absolute atomic E-state index is 0.0207. The lowest BCUT2D eigenvalue weighted by molar-refractivity contribution is 0.0697. The summed E-state index contributed by atoms with van der Waals surface area (Å²) in [6.07, 6.45) is -0.107. The van der Waals surface area contributed by atoms with E-state index in [-0.39, 0.29) is 17.4 Å². The van der Waals surface area contributed by atoms with Crippen molar-refractivity contribution in [2.45, 2.75) is 20.0 Å². The summed E-state index contributed by atoms with van der Waals surface area (Å²) in [5.41, 5.74) is 0.244. The summed E-state index contributed by atoms with van der Waals surface area (Å²) in [7, 11) is 0. The number of carbonyl (C=O) groups excluding carboxylic acids is 1. The Morgan fingerprint density at radius 3 is 2.75 bits per heavy atom. The van der Waals surface area contributed by atoms with Crippen molar-refractivity contribution in [3.8, 4) is 0 Å². The van der Waals surface area contributed by atoms with Crippen LogP contribution in [0.4, 0.5) is 10.5 Å². The molecule has 0 aliphatic carbocycles. The van der Waals surface area contributed by atoms with Crippen molar-refractivity contribution in [2.24, 2.45) is 0 Å². The molecular weight excluding hydrogens is 328 g/mol. The number of carboxylic acids is 1. The number of amides is 2. The van der Waals surface area contributed by atoms with Gasteiger partial charge in [0.25, 0.3) is 0 Å². The summed E-state index contributed by atoms with van der Waals surface area (Å²) in [5, 5.41) is 14.2. The van der Waals surface area contributed by atoms with Crippen LogP contribution in [0, 0.1) is 0 Å². The van der Waals surface area contributed by atoms with Crippen molar-refractivity contribution in [1.29, 1.82) is 0 Å². The van der Waals surface area contributed by atoms with E-state index in [4.69, 9.17) is 9.84 Å². The molecule has 7 heteroatoms. The molecule has 20 heavy (non-hydrogen) atoms. The Bertz CT molecular complexity index is 493. The Balaban J connectivity index is 2.69. The van der Waals surface area contributed by atoms with Crippen LogP contribution in [0.3, 0.4) is 0 Å². The zero-order chi connectivity index (χ0) is 15.1. The molecule has 1 aromatic carbocycles. The number of carbonyl (C=O) groups is 2. The van der Waals surface area contributed by atoms with Crippen LogP contribution in [0.2, 0.25) is 0 Å². The van der Waals surface area contributed by atoms with E-state index in [1.165, 1.54) is 6.07 Å². The third-order valence-corrected chi connectivity index (χ3v) is 3.14. The molecule has 1 rings (SSSR count). The zero-order valence-electron chi connectivity index (χ0n) is 11.3. The van der Waals surface area contributed by atoms with Gasteiger partial charge in [0.15, 0.2) is 0 Å². The Kier molecular flexibility index (Phi) is 6.47. The largest absolute Gasteiger partial charge is 0.478 e. The first-order chi connectivity index (χ1) is 9.45. The van der Waals surface area contributed by atoms with Crippen LogP contribution in [0.15, 0.2) is 22.7 Å². The second-order valence-corrected chi connectivity index (χ2v) is 4.92. The molecule has 0 saturated heterocycles. The fraction of sp³-hybridized carbons (Fsp3) is 0.385. The van der Waals surface area contributed by atoms with Crippen LogP contribution in [-0.2, 0) is 4.74 Å². The zero-order valence-corrected chi connectivity index (χ0v) is 12.9. The number of urea groups is 1. The fourth-order valence-electron chi connectivity index (χ4n) is 1.57. The number of aromatic carboxylic acids is 1. The lowest BCUT2D eigenvalue weighted by Gasteiger charge is -2.14. The topological polar surface area (TPSA) is 87.7 Å². The Morgan fingerprint density at radius 2 is 2.15 bits per heavy atom. The maximum absolute atomic E-state index is 11.8. The van der Waals surface area contributed by atoms with Crippen molar-refractivity contribution in [2.75, 3.05) is 18.5 Å². The maximum atomic E-state index is 11.8. The maximum Gasteiger partial charge on any atom is 0.337 e. The molecule has 0 fully saturated rings. The highest BCUT2D eigenvalue weighted by Gasteiger charge is 2.15. The highest BCUT2D eigenvalue weighted by atomic mass is 79.9. The second-order valence-electron chi connectivity index (χ2n) is 4.07. The van der Waals surface area contributed by atoms with E-state index < -0.39 is 12.0 Å². The average Bonchev–Trinajstić information content (AvgIpc) is 2.39. The Hall–Kier alpha value is -1.60. The van der Waals surface area contributed by atoms with Crippen LogP contribution >= 0.6 is 15.9 Å². The molecule has 0 spiro atoms. The molecule has 0 saturated carbocycles. The molecule has 110 valence electrons. The predicted molar refractivity (Wildman–Crippen MR) is 79.2 cm³/mol. The van der Waals surface area contributed by atoms with Crippen molar-refractivity contribution in [1.82, 2.24) is 5.32 Å². The molecule has 1 unspecified atom stereocenters. The van der Waals surface area contributed by atoms with Gasteiger partial charge in [-0.25, -0.2) is 9.59 Å². The smallest absolute Gasteiger partial charge is 0.337 e. The van der Waals surface area contributed by atoms with Gasteiger partial charge >= 0.3 is 12.0 Å². The van der Waals surface area contributed by atoms with Gasteiger partial charge in [-0.1, -0.05) is 6.07 Å². The molecule has 2 amide bonds. The number of ether oxygens (including phenoxy) is 1. The van der Waals surface area contributed by atoms with E-state index in [2.05, 4.69) is 26.6 Å². The van der Waals surface area contributed by atoms with Gasteiger partial charge in [-0.05, 0) is 41.9 Å². The summed E-state index contributed by atoms with van der Waals surface area (Å²) < 4.78 is 5.79. The van der Waals surface area contributed by atoms with E-state index in [0.29, 0.717) is 17.6 Å². The Morgan fingerprint density at radius 1 is 1.45 bits per heavy atom. The van der Waals surface area contributed by atoms with Crippen LogP contribution in [0.5, 0.6) is 0 Å². The molecule has 6 nitrogen and oxygen atoms in total. The molecular formula is C13H17BrN2O4. The fourth-order valence-corrected chi connectivity index (χ4v) is 2.03. The average molecular weight is 345 g/mol. The number of rotatable bonds is 6. The molecule has 1 aromatic rings. The van der Waals surface area contributed by atoms with Gasteiger partial charge in [0, 0.05) is 17.6 Å². The van der Waals surface area contributed by atoms with Crippen LogP contribution in [0.1, 0.15) is 24.2 Å². The van der Waals surface area contributed by atoms with E-state index in [9.17, 15) is 9.59 Å². The number of para-hydroxylation sites is 1. The van der Waals surface area contributed by atoms with Crippen molar-refractivity contribution >= 4 is 33.6 Å². The summed E-state index contributed by atoms with van der Waals surface area (Å²) in [4.78, 5) is 22.9. The third kappa shape index (κ3) is 4.82. The SMILES string of the molecule is CCOC(C)CNC(=O)Nc1c(Br)cccc1C(=O)O. The number of benzene rings is 1. The number of carboxylic acid groups (broad SMARTS) is 1. The van der Waals surface area contributed by atoms with Gasteiger partial charge in [-0.15, -0.1) is 0 Å².